The van der Waals surface area contributed by atoms with Crippen molar-refractivity contribution in [3.63, 3.8) is 0 Å². The van der Waals surface area contributed by atoms with Crippen molar-refractivity contribution in [1.29, 1.82) is 0 Å². The fourth-order valence-electron chi connectivity index (χ4n) is 0.572. The molecular formula is C6H13NO2. The Labute approximate surface area is 54.9 Å². The number of primary amides is 1. The zero-order valence-corrected chi connectivity index (χ0v) is 5.63. The van der Waals surface area contributed by atoms with Crippen molar-refractivity contribution in [3.05, 3.63) is 0 Å². The van der Waals surface area contributed by atoms with Gasteiger partial charge in [-0.05, 0) is 19.8 Å². The lowest BCUT2D eigenvalue weighted by Crippen LogP contribution is -2.11. The van der Waals surface area contributed by atoms with Crippen LogP contribution in [0.15, 0.2) is 0 Å². The predicted octanol–water partition coefficient (Wildman–Crippen LogP) is 0.0228. The fourth-order valence-corrected chi connectivity index (χ4v) is 0.572. The number of aliphatic hydroxyl groups is 1. The van der Waals surface area contributed by atoms with E-state index in [0.29, 0.717) is 19.3 Å². The second-order valence-corrected chi connectivity index (χ2v) is 2.21. The number of hydrogen-bond donors (Lipinski definition) is 2. The minimum absolute atomic E-state index is 0.296. The molecule has 1 atom stereocenters. The van der Waals surface area contributed by atoms with Gasteiger partial charge in [-0.25, -0.2) is 0 Å². The molecule has 0 radical (unpaired) electrons. The average Bonchev–Trinajstić information content (AvgIpc) is 1.63. The summed E-state index contributed by atoms with van der Waals surface area (Å²) in [5.74, 6) is -0.296. The Balaban J connectivity index is 3.01. The highest BCUT2D eigenvalue weighted by molar-refractivity contribution is 5.73. The summed E-state index contributed by atoms with van der Waals surface area (Å²) in [6, 6.07) is 0. The maximum Gasteiger partial charge on any atom is 0.217 e. The highest BCUT2D eigenvalue weighted by Gasteiger charge is 1.97. The molecule has 0 spiro atoms. The molecule has 1 unspecified atom stereocenters. The Kier molecular flexibility index (Phi) is 4.05. The van der Waals surface area contributed by atoms with Crippen LogP contribution in [-0.4, -0.2) is 17.1 Å². The predicted molar refractivity (Wildman–Crippen MR) is 34.7 cm³/mol. The van der Waals surface area contributed by atoms with Crippen LogP contribution in [0.2, 0.25) is 0 Å². The second-order valence-electron chi connectivity index (χ2n) is 2.21. The van der Waals surface area contributed by atoms with Crippen LogP contribution >= 0.6 is 0 Å². The Morgan fingerprint density at radius 3 is 2.67 bits per heavy atom. The number of nitrogens with two attached hydrogens (primary N) is 1. The molecule has 0 aliphatic carbocycles. The van der Waals surface area contributed by atoms with Gasteiger partial charge in [0.15, 0.2) is 0 Å². The molecule has 0 rings (SSSR count). The van der Waals surface area contributed by atoms with Crippen LogP contribution in [0.3, 0.4) is 0 Å². The highest BCUT2D eigenvalue weighted by atomic mass is 16.3. The van der Waals surface area contributed by atoms with E-state index in [1.807, 2.05) is 0 Å². The molecule has 9 heavy (non-hydrogen) atoms. The lowest BCUT2D eigenvalue weighted by Gasteiger charge is -1.99. The summed E-state index contributed by atoms with van der Waals surface area (Å²) in [4.78, 5) is 10.1. The van der Waals surface area contributed by atoms with Gasteiger partial charge in [0.05, 0.1) is 6.10 Å². The van der Waals surface area contributed by atoms with Crippen molar-refractivity contribution in [2.45, 2.75) is 32.3 Å². The quantitative estimate of drug-likeness (QED) is 0.565. The Hall–Kier alpha value is -0.570. The molecule has 0 aliphatic rings. The molecule has 0 fully saturated rings. The Bertz CT molecular complexity index is 91.1. The lowest BCUT2D eigenvalue weighted by atomic mass is 10.2. The fraction of sp³-hybridized carbons (Fsp3) is 0.833. The molecule has 0 saturated carbocycles. The van der Waals surface area contributed by atoms with E-state index < -0.39 is 0 Å². The first-order chi connectivity index (χ1) is 4.13. The van der Waals surface area contributed by atoms with Crippen molar-refractivity contribution in [2.75, 3.05) is 0 Å². The monoisotopic (exact) mass is 131 g/mol. The van der Waals surface area contributed by atoms with Crippen molar-refractivity contribution < 1.29 is 9.90 Å². The van der Waals surface area contributed by atoms with Gasteiger partial charge < -0.3 is 10.8 Å². The van der Waals surface area contributed by atoms with E-state index >= 15 is 0 Å². The molecule has 0 saturated heterocycles. The normalized spacial score (nSPS) is 13.1. The van der Waals surface area contributed by atoms with Crippen LogP contribution in [0, 0.1) is 0 Å². The third-order valence-electron chi connectivity index (χ3n) is 1.05. The van der Waals surface area contributed by atoms with E-state index in [0.717, 1.165) is 0 Å². The van der Waals surface area contributed by atoms with Gasteiger partial charge in [-0.3, -0.25) is 4.79 Å². The topological polar surface area (TPSA) is 63.3 Å². The van der Waals surface area contributed by atoms with Gasteiger partial charge in [0, 0.05) is 6.42 Å². The van der Waals surface area contributed by atoms with Crippen LogP contribution in [-0.2, 0) is 4.79 Å². The summed E-state index contributed by atoms with van der Waals surface area (Å²) in [5, 5.41) is 8.71. The minimum atomic E-state index is -0.315. The van der Waals surface area contributed by atoms with Gasteiger partial charge >= 0.3 is 0 Å². The highest BCUT2D eigenvalue weighted by Crippen LogP contribution is 1.98. The molecule has 0 aliphatic heterocycles. The zero-order valence-electron chi connectivity index (χ0n) is 5.63. The van der Waals surface area contributed by atoms with Gasteiger partial charge in [0.2, 0.25) is 5.91 Å². The molecule has 54 valence electrons. The van der Waals surface area contributed by atoms with Gasteiger partial charge in [-0.2, -0.15) is 0 Å². The van der Waals surface area contributed by atoms with Gasteiger partial charge in [-0.15, -0.1) is 0 Å². The van der Waals surface area contributed by atoms with E-state index in [2.05, 4.69) is 0 Å². The molecule has 3 heteroatoms. The molecule has 0 aromatic carbocycles. The van der Waals surface area contributed by atoms with Crippen molar-refractivity contribution >= 4 is 5.91 Å². The summed E-state index contributed by atoms with van der Waals surface area (Å²) in [7, 11) is 0. The van der Waals surface area contributed by atoms with Gasteiger partial charge in [0.1, 0.15) is 0 Å². The molecule has 1 amide bonds. The molecule has 3 nitrogen and oxygen atoms in total. The van der Waals surface area contributed by atoms with Crippen molar-refractivity contribution in [2.24, 2.45) is 5.73 Å². The second kappa shape index (κ2) is 4.32. The maximum absolute atomic E-state index is 10.1. The number of carbonyl (C=O) groups is 1. The summed E-state index contributed by atoms with van der Waals surface area (Å²) in [6.45, 7) is 1.70. The van der Waals surface area contributed by atoms with Crippen LogP contribution in [0.1, 0.15) is 26.2 Å². The first-order valence-corrected chi connectivity index (χ1v) is 3.09. The Morgan fingerprint density at radius 2 is 2.33 bits per heavy atom. The largest absolute Gasteiger partial charge is 0.393 e. The van der Waals surface area contributed by atoms with E-state index in [1.165, 1.54) is 0 Å². The molecule has 0 aromatic heterocycles. The van der Waals surface area contributed by atoms with Crippen LogP contribution < -0.4 is 5.73 Å². The van der Waals surface area contributed by atoms with Crippen LogP contribution in [0.4, 0.5) is 0 Å². The summed E-state index contributed by atoms with van der Waals surface area (Å²) >= 11 is 0. The van der Waals surface area contributed by atoms with Crippen molar-refractivity contribution in [1.82, 2.24) is 0 Å². The van der Waals surface area contributed by atoms with Crippen LogP contribution in [0.25, 0.3) is 0 Å². The number of hydrogen-bond acceptors (Lipinski definition) is 2. The number of rotatable bonds is 4. The van der Waals surface area contributed by atoms with E-state index in [9.17, 15) is 4.79 Å². The number of amides is 1. The summed E-state index contributed by atoms with van der Waals surface area (Å²) < 4.78 is 0. The zero-order chi connectivity index (χ0) is 7.28. The molecule has 0 heterocycles. The van der Waals surface area contributed by atoms with Gasteiger partial charge in [0.25, 0.3) is 0 Å². The third-order valence-corrected chi connectivity index (χ3v) is 1.05. The van der Waals surface area contributed by atoms with E-state index in [4.69, 9.17) is 10.8 Å². The third kappa shape index (κ3) is 7.43. The number of carbonyl (C=O) groups excluding carboxylic acids is 1. The standard InChI is InChI=1S/C6H13NO2/c1-5(8)3-2-4-6(7)9/h5,8H,2-4H2,1H3,(H2,7,9). The average molecular weight is 131 g/mol. The molecule has 0 bridgehead atoms. The molecule has 3 N–H and O–H groups in total. The lowest BCUT2D eigenvalue weighted by molar-refractivity contribution is -0.118. The molecular weight excluding hydrogens is 118 g/mol. The Morgan fingerprint density at radius 1 is 1.78 bits per heavy atom. The van der Waals surface area contributed by atoms with E-state index in [1.54, 1.807) is 6.92 Å². The SMILES string of the molecule is CC(O)CCCC(N)=O. The smallest absolute Gasteiger partial charge is 0.217 e. The first kappa shape index (κ1) is 8.43. The van der Waals surface area contributed by atoms with Gasteiger partial charge in [-0.1, -0.05) is 0 Å². The number of aliphatic hydroxyl groups excluding tert-OH is 1. The van der Waals surface area contributed by atoms with Crippen molar-refractivity contribution in [3.8, 4) is 0 Å². The summed E-state index contributed by atoms with van der Waals surface area (Å²) in [6.07, 6.45) is 1.41. The van der Waals surface area contributed by atoms with Crippen LogP contribution in [0.5, 0.6) is 0 Å². The first-order valence-electron chi connectivity index (χ1n) is 3.09. The maximum atomic E-state index is 10.1. The minimum Gasteiger partial charge on any atom is -0.393 e. The summed E-state index contributed by atoms with van der Waals surface area (Å²) in [5.41, 5.74) is 4.86. The van der Waals surface area contributed by atoms with E-state index in [-0.39, 0.29) is 12.0 Å². The molecule has 0 aromatic rings.